The maximum absolute atomic E-state index is 9.39. The number of rotatable bonds is 0. The maximum atomic E-state index is 9.39. The van der Waals surface area contributed by atoms with Gasteiger partial charge in [0.05, 0.1) is 0 Å². The summed E-state index contributed by atoms with van der Waals surface area (Å²) in [6, 6.07) is 5.44. The Kier molecular flexibility index (Phi) is 1.89. The number of fused-ring (bicyclic) bond motifs is 1. The largest absolute Gasteiger partial charge is 0.508 e. The van der Waals surface area contributed by atoms with Crippen molar-refractivity contribution in [3.05, 3.63) is 23.8 Å². The number of hydrogen-bond acceptors (Lipinski definition) is 3. The molecule has 0 amide bonds. The van der Waals surface area contributed by atoms with Crippen molar-refractivity contribution in [1.29, 1.82) is 0 Å². The van der Waals surface area contributed by atoms with Crippen LogP contribution in [0.1, 0.15) is 18.4 Å². The third-order valence-electron chi connectivity index (χ3n) is 3.40. The predicted molar refractivity (Wildman–Crippen MR) is 57.3 cm³/mol. The van der Waals surface area contributed by atoms with Gasteiger partial charge in [0.25, 0.3) is 0 Å². The first-order valence-electron chi connectivity index (χ1n) is 5.49. The zero-order valence-corrected chi connectivity index (χ0v) is 8.62. The molecular formula is C12H15NO2. The Morgan fingerprint density at radius 1 is 1.27 bits per heavy atom. The van der Waals surface area contributed by atoms with E-state index in [1.54, 1.807) is 12.1 Å². The van der Waals surface area contributed by atoms with E-state index in [1.165, 1.54) is 5.56 Å². The highest BCUT2D eigenvalue weighted by molar-refractivity contribution is 5.44. The van der Waals surface area contributed by atoms with Crippen molar-refractivity contribution in [3.8, 4) is 11.5 Å². The van der Waals surface area contributed by atoms with Gasteiger partial charge in [0.1, 0.15) is 17.1 Å². The molecule has 1 spiro atoms. The summed E-state index contributed by atoms with van der Waals surface area (Å²) < 4.78 is 6.02. The molecule has 1 aromatic carbocycles. The molecule has 0 atom stereocenters. The summed E-state index contributed by atoms with van der Waals surface area (Å²) in [5.74, 6) is 1.16. The van der Waals surface area contributed by atoms with Gasteiger partial charge in [-0.05, 0) is 37.6 Å². The van der Waals surface area contributed by atoms with Crippen LogP contribution in [0.15, 0.2) is 18.2 Å². The fourth-order valence-corrected chi connectivity index (χ4v) is 2.56. The van der Waals surface area contributed by atoms with E-state index in [-0.39, 0.29) is 5.60 Å². The van der Waals surface area contributed by atoms with Crippen LogP contribution in [0.3, 0.4) is 0 Å². The summed E-state index contributed by atoms with van der Waals surface area (Å²) in [6.07, 6.45) is 3.11. The molecule has 1 aromatic rings. The van der Waals surface area contributed by atoms with Gasteiger partial charge in [-0.15, -0.1) is 0 Å². The number of piperidine rings is 1. The van der Waals surface area contributed by atoms with Crippen LogP contribution in [0.4, 0.5) is 0 Å². The van der Waals surface area contributed by atoms with Crippen LogP contribution < -0.4 is 10.1 Å². The minimum atomic E-state index is 0.00137. The van der Waals surface area contributed by atoms with Gasteiger partial charge in [-0.25, -0.2) is 0 Å². The minimum absolute atomic E-state index is 0.00137. The van der Waals surface area contributed by atoms with Crippen molar-refractivity contribution < 1.29 is 9.84 Å². The zero-order valence-electron chi connectivity index (χ0n) is 8.62. The SMILES string of the molecule is Oc1ccc2c(c1)OC1(CCNCC1)C2. The molecule has 0 bridgehead atoms. The molecule has 2 N–H and O–H groups in total. The number of hydrogen-bond donors (Lipinski definition) is 2. The third-order valence-corrected chi connectivity index (χ3v) is 3.40. The van der Waals surface area contributed by atoms with Gasteiger partial charge >= 0.3 is 0 Å². The summed E-state index contributed by atoms with van der Waals surface area (Å²) in [6.45, 7) is 2.06. The Hall–Kier alpha value is -1.22. The maximum Gasteiger partial charge on any atom is 0.127 e. The third kappa shape index (κ3) is 1.47. The van der Waals surface area contributed by atoms with Crippen LogP contribution in [0, 0.1) is 0 Å². The van der Waals surface area contributed by atoms with E-state index < -0.39 is 0 Å². The van der Waals surface area contributed by atoms with Gasteiger partial charge in [-0.1, -0.05) is 6.07 Å². The van der Waals surface area contributed by atoms with Crippen LogP contribution in [-0.2, 0) is 6.42 Å². The number of aromatic hydroxyl groups is 1. The molecule has 2 aliphatic heterocycles. The molecule has 0 radical (unpaired) electrons. The Balaban J connectivity index is 1.90. The Labute approximate surface area is 89.1 Å². The Morgan fingerprint density at radius 3 is 2.87 bits per heavy atom. The van der Waals surface area contributed by atoms with Crippen molar-refractivity contribution >= 4 is 0 Å². The fourth-order valence-electron chi connectivity index (χ4n) is 2.56. The second-order valence-corrected chi connectivity index (χ2v) is 4.50. The predicted octanol–water partition coefficient (Wildman–Crippen LogP) is 1.45. The van der Waals surface area contributed by atoms with Crippen molar-refractivity contribution in [3.63, 3.8) is 0 Å². The molecule has 80 valence electrons. The van der Waals surface area contributed by atoms with Crippen molar-refractivity contribution in [2.45, 2.75) is 24.9 Å². The first-order valence-corrected chi connectivity index (χ1v) is 5.49. The second kappa shape index (κ2) is 3.14. The lowest BCUT2D eigenvalue weighted by atomic mass is 9.88. The molecular weight excluding hydrogens is 190 g/mol. The molecule has 1 fully saturated rings. The quantitative estimate of drug-likeness (QED) is 0.673. The van der Waals surface area contributed by atoms with Crippen LogP contribution in [0.2, 0.25) is 0 Å². The van der Waals surface area contributed by atoms with Gasteiger partial charge < -0.3 is 15.2 Å². The van der Waals surface area contributed by atoms with E-state index in [1.807, 2.05) is 6.07 Å². The highest BCUT2D eigenvalue weighted by atomic mass is 16.5. The first-order chi connectivity index (χ1) is 7.27. The zero-order chi connectivity index (χ0) is 10.3. The molecule has 0 saturated carbocycles. The number of phenolic OH excluding ortho intramolecular Hbond substituents is 1. The highest BCUT2D eigenvalue weighted by Gasteiger charge is 2.40. The Bertz CT molecular complexity index is 383. The van der Waals surface area contributed by atoms with E-state index in [4.69, 9.17) is 4.74 Å². The lowest BCUT2D eigenvalue weighted by molar-refractivity contribution is 0.0599. The smallest absolute Gasteiger partial charge is 0.127 e. The van der Waals surface area contributed by atoms with Crippen molar-refractivity contribution in [2.75, 3.05) is 13.1 Å². The van der Waals surface area contributed by atoms with Crippen LogP contribution in [-0.4, -0.2) is 23.8 Å². The van der Waals surface area contributed by atoms with E-state index in [2.05, 4.69) is 5.32 Å². The monoisotopic (exact) mass is 205 g/mol. The minimum Gasteiger partial charge on any atom is -0.508 e. The van der Waals surface area contributed by atoms with E-state index >= 15 is 0 Å². The molecule has 2 aliphatic rings. The number of nitrogens with one attached hydrogen (secondary N) is 1. The average molecular weight is 205 g/mol. The summed E-state index contributed by atoms with van der Waals surface area (Å²) in [5.41, 5.74) is 1.23. The summed E-state index contributed by atoms with van der Waals surface area (Å²) in [7, 11) is 0. The van der Waals surface area contributed by atoms with Gasteiger partial charge in [0.2, 0.25) is 0 Å². The topological polar surface area (TPSA) is 41.5 Å². The number of ether oxygens (including phenoxy) is 1. The normalized spacial score (nSPS) is 22.4. The average Bonchev–Trinajstić information content (AvgIpc) is 2.56. The fraction of sp³-hybridized carbons (Fsp3) is 0.500. The molecule has 1 saturated heterocycles. The van der Waals surface area contributed by atoms with Crippen LogP contribution in [0.5, 0.6) is 11.5 Å². The standard InChI is InChI=1S/C12H15NO2/c14-10-2-1-9-8-12(15-11(9)7-10)3-5-13-6-4-12/h1-2,7,13-14H,3-6,8H2. The lowest BCUT2D eigenvalue weighted by Gasteiger charge is -2.33. The molecule has 0 aromatic heterocycles. The van der Waals surface area contributed by atoms with Crippen LogP contribution in [0.25, 0.3) is 0 Å². The van der Waals surface area contributed by atoms with E-state index in [0.717, 1.165) is 38.1 Å². The molecule has 0 aliphatic carbocycles. The summed E-state index contributed by atoms with van der Waals surface area (Å²) in [4.78, 5) is 0. The molecule has 3 nitrogen and oxygen atoms in total. The van der Waals surface area contributed by atoms with Crippen LogP contribution >= 0.6 is 0 Å². The highest BCUT2D eigenvalue weighted by Crippen LogP contribution is 2.41. The number of phenols is 1. The lowest BCUT2D eigenvalue weighted by Crippen LogP contribution is -2.45. The molecule has 2 heterocycles. The van der Waals surface area contributed by atoms with E-state index in [0.29, 0.717) is 5.75 Å². The van der Waals surface area contributed by atoms with Gasteiger partial charge in [0, 0.05) is 12.5 Å². The second-order valence-electron chi connectivity index (χ2n) is 4.50. The van der Waals surface area contributed by atoms with Crippen molar-refractivity contribution in [1.82, 2.24) is 5.32 Å². The van der Waals surface area contributed by atoms with E-state index in [9.17, 15) is 5.11 Å². The van der Waals surface area contributed by atoms with Gasteiger partial charge in [0.15, 0.2) is 0 Å². The summed E-state index contributed by atoms with van der Waals surface area (Å²) >= 11 is 0. The Morgan fingerprint density at radius 2 is 2.07 bits per heavy atom. The molecule has 3 heteroatoms. The molecule has 3 rings (SSSR count). The molecule has 0 unspecified atom stereocenters. The van der Waals surface area contributed by atoms with Gasteiger partial charge in [-0.3, -0.25) is 0 Å². The number of benzene rings is 1. The molecule has 15 heavy (non-hydrogen) atoms. The summed E-state index contributed by atoms with van der Waals surface area (Å²) in [5, 5.41) is 12.7. The van der Waals surface area contributed by atoms with Gasteiger partial charge in [-0.2, -0.15) is 0 Å². The van der Waals surface area contributed by atoms with Crippen molar-refractivity contribution in [2.24, 2.45) is 0 Å². The first kappa shape index (κ1) is 9.04.